The van der Waals surface area contributed by atoms with Crippen molar-refractivity contribution >= 4 is 81.3 Å². The molecule has 0 unspecified atom stereocenters. The molecule has 0 saturated carbocycles. The van der Waals surface area contributed by atoms with Gasteiger partial charge in [-0.15, -0.1) is 11.3 Å². The summed E-state index contributed by atoms with van der Waals surface area (Å²) < 4.78 is 9.51. The van der Waals surface area contributed by atoms with Crippen LogP contribution in [0.1, 0.15) is 0 Å². The van der Waals surface area contributed by atoms with Gasteiger partial charge in [0.2, 0.25) is 0 Å². The maximum Gasteiger partial charge on any atom is 0.159 e. The van der Waals surface area contributed by atoms with E-state index in [0.717, 1.165) is 50.1 Å². The normalized spacial score (nSPS) is 11.7. The Hall–Kier alpha value is -6.16. The van der Waals surface area contributed by atoms with E-state index in [1.54, 1.807) is 0 Å². The van der Waals surface area contributed by atoms with Crippen molar-refractivity contribution in [2.24, 2.45) is 0 Å². The molecule has 0 saturated heterocycles. The molecule has 0 atom stereocenters. The largest absolute Gasteiger partial charge is 0.453 e. The zero-order chi connectivity index (χ0) is 32.3. The lowest BCUT2D eigenvalue weighted by atomic mass is 10.0. The first-order chi connectivity index (χ1) is 24.3. The second-order valence-corrected chi connectivity index (χ2v) is 13.6. The molecule has 230 valence electrons. The topological polar surface area (TPSA) is 16.4 Å². The predicted octanol–water partition coefficient (Wildman–Crippen LogP) is 13.9. The predicted molar refractivity (Wildman–Crippen MR) is 210 cm³/mol. The lowest BCUT2D eigenvalue weighted by Gasteiger charge is -2.26. The highest BCUT2D eigenvalue weighted by atomic mass is 32.1. The number of thiophene rings is 1. The van der Waals surface area contributed by atoms with Gasteiger partial charge in [0.05, 0.1) is 5.69 Å². The van der Waals surface area contributed by atoms with Gasteiger partial charge in [0.1, 0.15) is 5.58 Å². The van der Waals surface area contributed by atoms with Crippen LogP contribution < -0.4 is 4.90 Å². The smallest absolute Gasteiger partial charge is 0.159 e. The molecular formula is C46H29NOS. The summed E-state index contributed by atoms with van der Waals surface area (Å²) in [4.78, 5) is 2.36. The van der Waals surface area contributed by atoms with Crippen LogP contribution in [-0.2, 0) is 0 Å². The van der Waals surface area contributed by atoms with Gasteiger partial charge in [-0.1, -0.05) is 133 Å². The van der Waals surface area contributed by atoms with Crippen LogP contribution in [0.3, 0.4) is 0 Å². The van der Waals surface area contributed by atoms with Crippen LogP contribution in [0.25, 0.3) is 75.1 Å². The first kappa shape index (κ1) is 27.9. The minimum atomic E-state index is 0.872. The summed E-state index contributed by atoms with van der Waals surface area (Å²) in [5.74, 6) is 0. The third-order valence-corrected chi connectivity index (χ3v) is 10.8. The molecule has 0 aliphatic carbocycles. The molecule has 0 aliphatic heterocycles. The van der Waals surface area contributed by atoms with Crippen molar-refractivity contribution in [3.63, 3.8) is 0 Å². The van der Waals surface area contributed by atoms with Gasteiger partial charge in [-0.2, -0.15) is 0 Å². The molecule has 8 aromatic carbocycles. The van der Waals surface area contributed by atoms with Crippen molar-refractivity contribution in [2.75, 3.05) is 4.90 Å². The van der Waals surface area contributed by atoms with E-state index in [1.165, 1.54) is 42.1 Å². The van der Waals surface area contributed by atoms with Crippen molar-refractivity contribution in [1.82, 2.24) is 0 Å². The van der Waals surface area contributed by atoms with Gasteiger partial charge in [-0.05, 0) is 69.9 Å². The molecular weight excluding hydrogens is 615 g/mol. The van der Waals surface area contributed by atoms with Gasteiger partial charge in [0.15, 0.2) is 5.58 Å². The van der Waals surface area contributed by atoms with Crippen LogP contribution in [0, 0.1) is 0 Å². The SMILES string of the molecule is c1ccc(-c2ccc3cc(N(c4ccc5c(c4)sc4ccccc45)c4cccc5c4oc4c(-c6ccccc6)cccc45)ccc3c2)cc1. The minimum absolute atomic E-state index is 0.872. The molecule has 49 heavy (non-hydrogen) atoms. The first-order valence-electron chi connectivity index (χ1n) is 16.6. The standard InChI is InChI=1S/C46H29NOS/c1-3-11-30(12-4-1)32-21-22-34-28-35(24-23-33(34)27-32)47(36-25-26-39-38-15-7-8-20-43(38)49-44(39)29-36)42-19-10-18-41-40-17-9-16-37(45(40)48-46(41)42)31-13-5-2-6-14-31/h1-29H. The fourth-order valence-electron chi connectivity index (χ4n) is 7.29. The Morgan fingerprint density at radius 3 is 1.88 bits per heavy atom. The molecule has 0 bridgehead atoms. The summed E-state index contributed by atoms with van der Waals surface area (Å²) in [6.07, 6.45) is 0. The summed E-state index contributed by atoms with van der Waals surface area (Å²) in [6.45, 7) is 0. The van der Waals surface area contributed by atoms with Crippen molar-refractivity contribution in [1.29, 1.82) is 0 Å². The van der Waals surface area contributed by atoms with Crippen molar-refractivity contribution in [3.8, 4) is 22.3 Å². The van der Waals surface area contributed by atoms with Gasteiger partial charge in [-0.3, -0.25) is 0 Å². The lowest BCUT2D eigenvalue weighted by Crippen LogP contribution is -2.10. The molecule has 10 rings (SSSR count). The number of furan rings is 1. The van der Waals surface area contributed by atoms with Crippen LogP contribution in [-0.4, -0.2) is 0 Å². The quantitative estimate of drug-likeness (QED) is 0.186. The summed E-state index contributed by atoms with van der Waals surface area (Å²) >= 11 is 1.84. The van der Waals surface area contributed by atoms with E-state index in [1.807, 2.05) is 11.3 Å². The number of rotatable bonds is 5. The zero-order valence-corrected chi connectivity index (χ0v) is 27.3. The molecule has 2 nitrogen and oxygen atoms in total. The van der Waals surface area contributed by atoms with E-state index in [-0.39, 0.29) is 0 Å². The molecule has 0 amide bonds. The Morgan fingerprint density at radius 2 is 1.02 bits per heavy atom. The van der Waals surface area contributed by atoms with Crippen molar-refractivity contribution < 1.29 is 4.42 Å². The van der Waals surface area contributed by atoms with Crippen LogP contribution in [0.2, 0.25) is 0 Å². The summed E-state index contributed by atoms with van der Waals surface area (Å²) in [5, 5.41) is 7.20. The van der Waals surface area contributed by atoms with E-state index in [2.05, 4.69) is 181 Å². The monoisotopic (exact) mass is 643 g/mol. The van der Waals surface area contributed by atoms with Gasteiger partial charge >= 0.3 is 0 Å². The van der Waals surface area contributed by atoms with Crippen molar-refractivity contribution in [3.05, 3.63) is 176 Å². The maximum absolute atomic E-state index is 6.94. The summed E-state index contributed by atoms with van der Waals surface area (Å²) in [5.41, 5.74) is 9.64. The second-order valence-electron chi connectivity index (χ2n) is 12.5. The van der Waals surface area contributed by atoms with E-state index >= 15 is 0 Å². The van der Waals surface area contributed by atoms with Gasteiger partial charge in [-0.25, -0.2) is 0 Å². The Labute approximate surface area is 287 Å². The highest BCUT2D eigenvalue weighted by Crippen LogP contribution is 2.46. The average molecular weight is 644 g/mol. The average Bonchev–Trinajstić information content (AvgIpc) is 3.74. The number of benzene rings is 8. The molecule has 0 aliphatic rings. The Kier molecular flexibility index (Phi) is 6.39. The van der Waals surface area contributed by atoms with Crippen LogP contribution >= 0.6 is 11.3 Å². The Morgan fingerprint density at radius 1 is 0.388 bits per heavy atom. The number of hydrogen-bond acceptors (Lipinski definition) is 3. The minimum Gasteiger partial charge on any atom is -0.453 e. The van der Waals surface area contributed by atoms with Crippen LogP contribution in [0.4, 0.5) is 17.1 Å². The molecule has 2 heterocycles. The summed E-state index contributed by atoms with van der Waals surface area (Å²) in [7, 11) is 0. The first-order valence-corrected chi connectivity index (χ1v) is 17.4. The fourth-order valence-corrected chi connectivity index (χ4v) is 8.43. The zero-order valence-electron chi connectivity index (χ0n) is 26.5. The molecule has 0 radical (unpaired) electrons. The van der Waals surface area contributed by atoms with E-state index < -0.39 is 0 Å². The third-order valence-electron chi connectivity index (χ3n) is 9.64. The van der Waals surface area contributed by atoms with E-state index in [9.17, 15) is 0 Å². The number of para-hydroxylation sites is 2. The number of fused-ring (bicyclic) bond motifs is 7. The number of hydrogen-bond donors (Lipinski definition) is 0. The highest BCUT2D eigenvalue weighted by molar-refractivity contribution is 7.25. The number of anilines is 3. The molecule has 2 aromatic heterocycles. The molecule has 0 N–H and O–H groups in total. The van der Waals surface area contributed by atoms with Gasteiger partial charge in [0.25, 0.3) is 0 Å². The van der Waals surface area contributed by atoms with Gasteiger partial charge < -0.3 is 9.32 Å². The van der Waals surface area contributed by atoms with Gasteiger partial charge in [0, 0.05) is 47.9 Å². The van der Waals surface area contributed by atoms with E-state index in [4.69, 9.17) is 4.42 Å². The molecule has 10 aromatic rings. The van der Waals surface area contributed by atoms with E-state index in [0.29, 0.717) is 0 Å². The van der Waals surface area contributed by atoms with Crippen LogP contribution in [0.5, 0.6) is 0 Å². The lowest BCUT2D eigenvalue weighted by molar-refractivity contribution is 0.670. The highest BCUT2D eigenvalue weighted by Gasteiger charge is 2.22. The Bertz CT molecular complexity index is 2830. The molecule has 0 spiro atoms. The molecule has 3 heteroatoms. The third kappa shape index (κ3) is 4.62. The summed E-state index contributed by atoms with van der Waals surface area (Å²) in [6, 6.07) is 63.1. The maximum atomic E-state index is 6.94. The Balaban J connectivity index is 1.20. The fraction of sp³-hybridized carbons (Fsp3) is 0. The number of nitrogens with zero attached hydrogens (tertiary/aromatic N) is 1. The molecule has 0 fully saturated rings. The second kappa shape index (κ2) is 11.2. The van der Waals surface area contributed by atoms with Crippen LogP contribution in [0.15, 0.2) is 180 Å². The van der Waals surface area contributed by atoms with Crippen molar-refractivity contribution in [2.45, 2.75) is 0 Å².